The number of para-hydroxylation sites is 1. The summed E-state index contributed by atoms with van der Waals surface area (Å²) in [5, 5.41) is 7.23. The van der Waals surface area contributed by atoms with Crippen LogP contribution in [-0.2, 0) is 0 Å². The van der Waals surface area contributed by atoms with E-state index in [1.165, 1.54) is 5.39 Å². The Morgan fingerprint density at radius 2 is 1.55 bits per heavy atom. The first kappa shape index (κ1) is 17.1. The largest absolute Gasteiger partial charge is 0.322 e. The van der Waals surface area contributed by atoms with Crippen LogP contribution in [0.1, 0.15) is 10.4 Å². The lowest BCUT2D eigenvalue weighted by molar-refractivity contribution is 0.102. The van der Waals surface area contributed by atoms with E-state index in [0.717, 1.165) is 33.0 Å². The van der Waals surface area contributed by atoms with E-state index in [1.807, 2.05) is 79.1 Å². The van der Waals surface area contributed by atoms with E-state index in [1.54, 1.807) is 0 Å². The summed E-state index contributed by atoms with van der Waals surface area (Å²) in [5.74, 6) is -0.106. The van der Waals surface area contributed by atoms with Crippen LogP contribution in [0.3, 0.4) is 0 Å². The zero-order valence-corrected chi connectivity index (χ0v) is 15.7. The molecule has 1 aromatic heterocycles. The van der Waals surface area contributed by atoms with Gasteiger partial charge in [-0.05, 0) is 57.6 Å². The topological polar surface area (TPSA) is 42.0 Å². The lowest BCUT2D eigenvalue weighted by atomic mass is 9.95. The van der Waals surface area contributed by atoms with Gasteiger partial charge < -0.3 is 5.32 Å². The van der Waals surface area contributed by atoms with Crippen LogP contribution < -0.4 is 5.32 Å². The summed E-state index contributed by atoms with van der Waals surface area (Å²) in [5.41, 5.74) is 3.73. The van der Waals surface area contributed by atoms with Gasteiger partial charge in [0.2, 0.25) is 0 Å². The van der Waals surface area contributed by atoms with Gasteiger partial charge >= 0.3 is 0 Å². The molecule has 1 amide bonds. The van der Waals surface area contributed by atoms with E-state index < -0.39 is 0 Å². The number of nitrogens with one attached hydrogen (secondary N) is 1. The second kappa shape index (κ2) is 7.21. The highest BCUT2D eigenvalue weighted by atomic mass is 16.1. The molecular formula is C26H18N2O. The van der Waals surface area contributed by atoms with Crippen molar-refractivity contribution in [2.75, 3.05) is 5.32 Å². The molecule has 0 aliphatic carbocycles. The van der Waals surface area contributed by atoms with Crippen LogP contribution in [0.2, 0.25) is 0 Å². The smallest absolute Gasteiger partial charge is 0.256 e. The average molecular weight is 374 g/mol. The van der Waals surface area contributed by atoms with Crippen molar-refractivity contribution >= 4 is 33.1 Å². The van der Waals surface area contributed by atoms with E-state index in [2.05, 4.69) is 34.6 Å². The van der Waals surface area contributed by atoms with E-state index in [0.29, 0.717) is 5.56 Å². The first-order valence-electron chi connectivity index (χ1n) is 9.52. The molecule has 5 aromatic rings. The summed E-state index contributed by atoms with van der Waals surface area (Å²) in [7, 11) is 0. The molecule has 138 valence electrons. The predicted molar refractivity (Wildman–Crippen MR) is 119 cm³/mol. The van der Waals surface area contributed by atoms with Gasteiger partial charge in [-0.1, -0.05) is 60.7 Å². The number of carbonyl (C=O) groups is 1. The zero-order chi connectivity index (χ0) is 19.6. The molecular weight excluding hydrogens is 356 g/mol. The normalized spacial score (nSPS) is 10.9. The van der Waals surface area contributed by atoms with Gasteiger partial charge in [0.1, 0.15) is 0 Å². The van der Waals surface area contributed by atoms with E-state index in [4.69, 9.17) is 0 Å². The van der Waals surface area contributed by atoms with Crippen molar-refractivity contribution < 1.29 is 4.79 Å². The highest BCUT2D eigenvalue weighted by molar-refractivity contribution is 6.13. The molecule has 5 rings (SSSR count). The van der Waals surface area contributed by atoms with Gasteiger partial charge in [-0.25, -0.2) is 0 Å². The number of hydrogen-bond acceptors (Lipinski definition) is 2. The van der Waals surface area contributed by atoms with Crippen molar-refractivity contribution in [3.63, 3.8) is 0 Å². The Labute approximate surface area is 168 Å². The first-order valence-corrected chi connectivity index (χ1v) is 9.52. The summed E-state index contributed by atoms with van der Waals surface area (Å²) in [6.45, 7) is 0. The predicted octanol–water partition coefficient (Wildman–Crippen LogP) is 6.31. The molecule has 0 atom stereocenters. The Bertz CT molecular complexity index is 1340. The molecule has 3 heteroatoms. The molecule has 29 heavy (non-hydrogen) atoms. The summed E-state index contributed by atoms with van der Waals surface area (Å²) < 4.78 is 0. The summed E-state index contributed by atoms with van der Waals surface area (Å²) in [6, 6.07) is 29.9. The second-order valence-electron chi connectivity index (χ2n) is 6.96. The van der Waals surface area contributed by atoms with Crippen molar-refractivity contribution in [1.82, 2.24) is 4.98 Å². The maximum atomic E-state index is 12.8. The van der Waals surface area contributed by atoms with Crippen LogP contribution >= 0.6 is 0 Å². The minimum atomic E-state index is -0.106. The van der Waals surface area contributed by atoms with Gasteiger partial charge in [0.15, 0.2) is 0 Å². The minimum Gasteiger partial charge on any atom is -0.322 e. The number of fused-ring (bicyclic) bond motifs is 2. The highest BCUT2D eigenvalue weighted by Crippen LogP contribution is 2.31. The number of rotatable bonds is 3. The molecule has 0 bridgehead atoms. The van der Waals surface area contributed by atoms with E-state index in [9.17, 15) is 4.79 Å². The number of aromatic nitrogens is 1. The molecule has 0 radical (unpaired) electrons. The monoisotopic (exact) mass is 374 g/mol. The van der Waals surface area contributed by atoms with Gasteiger partial charge in [-0.2, -0.15) is 0 Å². The lowest BCUT2D eigenvalue weighted by Gasteiger charge is -2.11. The number of carbonyl (C=O) groups excluding carboxylic acids is 1. The molecule has 0 saturated carbocycles. The van der Waals surface area contributed by atoms with Crippen molar-refractivity contribution in [2.45, 2.75) is 0 Å². The fourth-order valence-corrected chi connectivity index (χ4v) is 3.74. The Hall–Kier alpha value is -3.98. The maximum absolute atomic E-state index is 12.8. The number of benzene rings is 4. The molecule has 4 aromatic carbocycles. The van der Waals surface area contributed by atoms with Gasteiger partial charge in [0, 0.05) is 29.0 Å². The van der Waals surface area contributed by atoms with Crippen molar-refractivity contribution in [3.05, 3.63) is 109 Å². The first-order chi connectivity index (χ1) is 14.3. The third-order valence-corrected chi connectivity index (χ3v) is 5.15. The Morgan fingerprint density at radius 3 is 2.45 bits per heavy atom. The van der Waals surface area contributed by atoms with Crippen LogP contribution in [0.25, 0.3) is 32.7 Å². The van der Waals surface area contributed by atoms with Gasteiger partial charge in [-0.15, -0.1) is 0 Å². The molecule has 0 saturated heterocycles. The molecule has 3 nitrogen and oxygen atoms in total. The molecule has 0 aliphatic rings. The molecule has 0 aliphatic heterocycles. The van der Waals surface area contributed by atoms with Crippen LogP contribution in [0.5, 0.6) is 0 Å². The number of anilines is 1. The summed E-state index contributed by atoms with van der Waals surface area (Å²) >= 11 is 0. The van der Waals surface area contributed by atoms with Crippen LogP contribution in [0.4, 0.5) is 5.69 Å². The van der Waals surface area contributed by atoms with Crippen LogP contribution in [-0.4, -0.2) is 10.9 Å². The molecule has 1 heterocycles. The Morgan fingerprint density at radius 1 is 0.724 bits per heavy atom. The number of hydrogen-bond donors (Lipinski definition) is 1. The zero-order valence-electron chi connectivity index (χ0n) is 15.7. The average Bonchev–Trinajstić information content (AvgIpc) is 2.78. The Balaban J connectivity index is 1.58. The Kier molecular flexibility index (Phi) is 4.26. The summed E-state index contributed by atoms with van der Waals surface area (Å²) in [6.07, 6.45) is 3.70. The van der Waals surface area contributed by atoms with Gasteiger partial charge in [0.25, 0.3) is 5.91 Å². The van der Waals surface area contributed by atoms with Crippen molar-refractivity contribution in [1.29, 1.82) is 0 Å². The minimum absolute atomic E-state index is 0.106. The molecule has 0 unspecified atom stereocenters. The summed E-state index contributed by atoms with van der Waals surface area (Å²) in [4.78, 5) is 17.1. The number of pyridine rings is 1. The maximum Gasteiger partial charge on any atom is 0.256 e. The third kappa shape index (κ3) is 3.23. The fourth-order valence-electron chi connectivity index (χ4n) is 3.74. The number of amides is 1. The molecule has 0 spiro atoms. The van der Waals surface area contributed by atoms with E-state index >= 15 is 0 Å². The second-order valence-corrected chi connectivity index (χ2v) is 6.96. The standard InChI is InChI=1S/C26H18N2O/c29-26(28-21-8-2-1-3-9-21)25-11-4-6-18-16-19(12-13-23(18)25)22-10-5-7-20-17-27-15-14-24(20)22/h1-17H,(H,28,29). The SMILES string of the molecule is O=C(Nc1ccccc1)c1cccc2cc(-c3cccc4cnccc34)ccc12. The van der Waals surface area contributed by atoms with Crippen LogP contribution in [0.15, 0.2) is 103 Å². The fraction of sp³-hybridized carbons (Fsp3) is 0. The number of nitrogens with zero attached hydrogens (tertiary/aromatic N) is 1. The van der Waals surface area contributed by atoms with E-state index in [-0.39, 0.29) is 5.91 Å². The van der Waals surface area contributed by atoms with Gasteiger partial charge in [-0.3, -0.25) is 9.78 Å². The third-order valence-electron chi connectivity index (χ3n) is 5.15. The quantitative estimate of drug-likeness (QED) is 0.402. The van der Waals surface area contributed by atoms with Crippen molar-refractivity contribution in [2.24, 2.45) is 0 Å². The van der Waals surface area contributed by atoms with Crippen LogP contribution in [0, 0.1) is 0 Å². The highest BCUT2D eigenvalue weighted by Gasteiger charge is 2.11. The molecule has 1 N–H and O–H groups in total. The molecule has 0 fully saturated rings. The lowest BCUT2D eigenvalue weighted by Crippen LogP contribution is -2.12. The van der Waals surface area contributed by atoms with Crippen molar-refractivity contribution in [3.8, 4) is 11.1 Å². The van der Waals surface area contributed by atoms with Gasteiger partial charge in [0.05, 0.1) is 0 Å².